The maximum absolute atomic E-state index is 11.4. The summed E-state index contributed by atoms with van der Waals surface area (Å²) in [6.07, 6.45) is 0. The summed E-state index contributed by atoms with van der Waals surface area (Å²) in [4.78, 5) is 22.3. The number of nitrogens with one attached hydrogen (secondary N) is 2. The first-order valence-electron chi connectivity index (χ1n) is 4.14. The number of carbonyl (C=O) groups excluding carboxylic acids is 2. The Kier molecular flexibility index (Phi) is 2.67. The van der Waals surface area contributed by atoms with Gasteiger partial charge in [0.05, 0.1) is 0 Å². The van der Waals surface area contributed by atoms with Gasteiger partial charge in [-0.1, -0.05) is 33.6 Å². The molecule has 1 atom stereocenters. The molecule has 0 radical (unpaired) electrons. The van der Waals surface area contributed by atoms with Gasteiger partial charge >= 0.3 is 6.03 Å². The van der Waals surface area contributed by atoms with Gasteiger partial charge in [0.15, 0.2) is 0 Å². The van der Waals surface area contributed by atoms with E-state index in [9.17, 15) is 9.59 Å². The van der Waals surface area contributed by atoms with Crippen molar-refractivity contribution >= 4 is 39.5 Å². The molecule has 0 spiro atoms. The Bertz CT molecular complexity index is 450. The van der Waals surface area contributed by atoms with E-state index >= 15 is 0 Å². The average Bonchev–Trinajstić information content (AvgIpc) is 2.45. The molecule has 0 aliphatic carbocycles. The highest BCUT2D eigenvalue weighted by Gasteiger charge is 2.32. The average molecular weight is 290 g/mol. The van der Waals surface area contributed by atoms with Crippen molar-refractivity contribution in [2.24, 2.45) is 0 Å². The predicted octanol–water partition coefficient (Wildman–Crippen LogP) is 1.98. The van der Waals surface area contributed by atoms with Gasteiger partial charge in [0.25, 0.3) is 5.91 Å². The molecule has 1 aliphatic heterocycles. The molecule has 1 aliphatic rings. The molecule has 6 heteroatoms. The zero-order valence-electron chi connectivity index (χ0n) is 7.38. The number of benzene rings is 1. The number of carbonyl (C=O) groups is 2. The minimum absolute atomic E-state index is 0.385. The Hall–Kier alpha value is -1.07. The lowest BCUT2D eigenvalue weighted by Gasteiger charge is -2.09. The van der Waals surface area contributed by atoms with E-state index in [1.54, 1.807) is 18.2 Å². The summed E-state index contributed by atoms with van der Waals surface area (Å²) in [6, 6.07) is 3.94. The Morgan fingerprint density at radius 1 is 1.33 bits per heavy atom. The molecular weight excluding hydrogens is 283 g/mol. The highest BCUT2D eigenvalue weighted by molar-refractivity contribution is 9.10. The number of hydrogen-bond acceptors (Lipinski definition) is 2. The molecule has 0 aromatic heterocycles. The zero-order chi connectivity index (χ0) is 11.0. The molecule has 1 aromatic carbocycles. The third kappa shape index (κ3) is 1.98. The van der Waals surface area contributed by atoms with Crippen LogP contribution in [0.25, 0.3) is 0 Å². The molecule has 4 nitrogen and oxygen atoms in total. The highest BCUT2D eigenvalue weighted by Crippen LogP contribution is 2.27. The Morgan fingerprint density at radius 2 is 2.07 bits per heavy atom. The van der Waals surface area contributed by atoms with Crippen LogP contribution in [0.3, 0.4) is 0 Å². The van der Waals surface area contributed by atoms with E-state index in [-0.39, 0.29) is 5.91 Å². The maximum Gasteiger partial charge on any atom is 0.322 e. The van der Waals surface area contributed by atoms with Crippen molar-refractivity contribution in [2.75, 3.05) is 0 Å². The van der Waals surface area contributed by atoms with Gasteiger partial charge in [-0.05, 0) is 12.1 Å². The van der Waals surface area contributed by atoms with Crippen LogP contribution in [0.1, 0.15) is 11.6 Å². The fourth-order valence-electron chi connectivity index (χ4n) is 1.37. The smallest absolute Gasteiger partial charge is 0.322 e. The lowest BCUT2D eigenvalue weighted by atomic mass is 10.1. The molecule has 1 unspecified atom stereocenters. The SMILES string of the molecule is O=C1NC(=O)C(c2ccc(Br)cc2Cl)N1. The van der Waals surface area contributed by atoms with Crippen LogP contribution in [-0.4, -0.2) is 11.9 Å². The summed E-state index contributed by atoms with van der Waals surface area (Å²) in [5.41, 5.74) is 0.586. The van der Waals surface area contributed by atoms with Crippen LogP contribution in [0.4, 0.5) is 4.79 Å². The summed E-state index contributed by atoms with van der Waals surface area (Å²) in [6.45, 7) is 0. The van der Waals surface area contributed by atoms with Gasteiger partial charge in [-0.2, -0.15) is 0 Å². The summed E-state index contributed by atoms with van der Waals surface area (Å²) in [5, 5.41) is 5.07. The van der Waals surface area contributed by atoms with Gasteiger partial charge in [0.2, 0.25) is 0 Å². The van der Waals surface area contributed by atoms with Crippen molar-refractivity contribution in [1.29, 1.82) is 0 Å². The topological polar surface area (TPSA) is 58.2 Å². The van der Waals surface area contributed by atoms with Gasteiger partial charge in [-0.25, -0.2) is 4.79 Å². The van der Waals surface area contributed by atoms with Crippen molar-refractivity contribution < 1.29 is 9.59 Å². The molecule has 1 fully saturated rings. The quantitative estimate of drug-likeness (QED) is 0.777. The van der Waals surface area contributed by atoms with Crippen molar-refractivity contribution in [1.82, 2.24) is 10.6 Å². The summed E-state index contributed by atoms with van der Waals surface area (Å²) < 4.78 is 0.820. The third-order valence-electron chi connectivity index (χ3n) is 2.05. The van der Waals surface area contributed by atoms with Crippen LogP contribution in [0.2, 0.25) is 5.02 Å². The zero-order valence-corrected chi connectivity index (χ0v) is 9.72. The van der Waals surface area contributed by atoms with E-state index in [2.05, 4.69) is 26.6 Å². The molecular formula is C9H6BrClN2O2. The van der Waals surface area contributed by atoms with Gasteiger partial charge < -0.3 is 5.32 Å². The van der Waals surface area contributed by atoms with Crippen LogP contribution in [0.15, 0.2) is 22.7 Å². The second-order valence-electron chi connectivity index (χ2n) is 3.06. The van der Waals surface area contributed by atoms with Gasteiger partial charge in [0.1, 0.15) is 6.04 Å². The first-order chi connectivity index (χ1) is 7.08. The van der Waals surface area contributed by atoms with E-state index in [0.717, 1.165) is 4.47 Å². The van der Waals surface area contributed by atoms with E-state index < -0.39 is 12.1 Å². The number of rotatable bonds is 1. The summed E-state index contributed by atoms with van der Waals surface area (Å²) in [5.74, 6) is -0.385. The van der Waals surface area contributed by atoms with Gasteiger partial charge in [-0.3, -0.25) is 10.1 Å². The summed E-state index contributed by atoms with van der Waals surface area (Å²) in [7, 11) is 0. The Balaban J connectivity index is 2.38. The highest BCUT2D eigenvalue weighted by atomic mass is 79.9. The lowest BCUT2D eigenvalue weighted by Crippen LogP contribution is -2.22. The largest absolute Gasteiger partial charge is 0.322 e. The maximum atomic E-state index is 11.4. The van der Waals surface area contributed by atoms with Crippen molar-refractivity contribution in [3.63, 3.8) is 0 Å². The van der Waals surface area contributed by atoms with Crippen molar-refractivity contribution in [3.8, 4) is 0 Å². The van der Waals surface area contributed by atoms with Gasteiger partial charge in [0, 0.05) is 15.1 Å². The van der Waals surface area contributed by atoms with Crippen LogP contribution in [-0.2, 0) is 4.79 Å². The monoisotopic (exact) mass is 288 g/mol. The van der Waals surface area contributed by atoms with E-state index in [4.69, 9.17) is 11.6 Å². The third-order valence-corrected chi connectivity index (χ3v) is 2.87. The minimum atomic E-state index is -0.696. The molecule has 1 heterocycles. The van der Waals surface area contributed by atoms with E-state index in [0.29, 0.717) is 10.6 Å². The number of hydrogen-bond donors (Lipinski definition) is 2. The second kappa shape index (κ2) is 3.83. The molecule has 2 rings (SSSR count). The first-order valence-corrected chi connectivity index (χ1v) is 5.31. The standard InChI is InChI=1S/C9H6BrClN2O2/c10-4-1-2-5(6(11)3-4)7-8(14)13-9(15)12-7/h1-3,7H,(H2,12,13,14,15). The Morgan fingerprint density at radius 3 is 2.60 bits per heavy atom. The van der Waals surface area contributed by atoms with Crippen LogP contribution in [0.5, 0.6) is 0 Å². The lowest BCUT2D eigenvalue weighted by molar-refractivity contribution is -0.120. The van der Waals surface area contributed by atoms with Crippen molar-refractivity contribution in [3.05, 3.63) is 33.3 Å². The molecule has 1 aromatic rings. The van der Waals surface area contributed by atoms with E-state index in [1.165, 1.54) is 0 Å². The molecule has 15 heavy (non-hydrogen) atoms. The molecule has 78 valence electrons. The number of amides is 3. The fourth-order valence-corrected chi connectivity index (χ4v) is 2.15. The van der Waals surface area contributed by atoms with Crippen LogP contribution in [0, 0.1) is 0 Å². The second-order valence-corrected chi connectivity index (χ2v) is 4.38. The molecule has 0 bridgehead atoms. The van der Waals surface area contributed by atoms with Crippen LogP contribution >= 0.6 is 27.5 Å². The number of halogens is 2. The molecule has 3 amide bonds. The normalized spacial score (nSPS) is 20.0. The van der Waals surface area contributed by atoms with Crippen molar-refractivity contribution in [2.45, 2.75) is 6.04 Å². The fraction of sp³-hybridized carbons (Fsp3) is 0.111. The Labute approximate surface area is 99.1 Å². The molecule has 2 N–H and O–H groups in total. The predicted molar refractivity (Wildman–Crippen MR) is 58.6 cm³/mol. The first kappa shape index (κ1) is 10.4. The minimum Gasteiger partial charge on any atom is -0.322 e. The number of urea groups is 1. The number of imide groups is 1. The molecule has 1 saturated heterocycles. The van der Waals surface area contributed by atoms with E-state index in [1.807, 2.05) is 0 Å². The molecule has 0 saturated carbocycles. The summed E-state index contributed by atoms with van der Waals surface area (Å²) >= 11 is 9.22. The van der Waals surface area contributed by atoms with Gasteiger partial charge in [-0.15, -0.1) is 0 Å². The van der Waals surface area contributed by atoms with Crippen LogP contribution < -0.4 is 10.6 Å².